The number of ether oxygens (including phenoxy) is 1. The van der Waals surface area contributed by atoms with Gasteiger partial charge in [0.25, 0.3) is 0 Å². The van der Waals surface area contributed by atoms with Gasteiger partial charge in [0.1, 0.15) is 12.4 Å². The molecule has 8 heteroatoms. The summed E-state index contributed by atoms with van der Waals surface area (Å²) >= 11 is 6.01. The molecule has 0 radical (unpaired) electrons. The molecule has 0 saturated carbocycles. The highest BCUT2D eigenvalue weighted by atomic mass is 35.5. The smallest absolute Gasteiger partial charge is 0.240 e. The highest BCUT2D eigenvalue weighted by molar-refractivity contribution is 7.89. The van der Waals surface area contributed by atoms with Crippen molar-refractivity contribution < 1.29 is 17.9 Å². The summed E-state index contributed by atoms with van der Waals surface area (Å²) in [6, 6.07) is 11.2. The molecule has 0 fully saturated rings. The van der Waals surface area contributed by atoms with Gasteiger partial charge in [0, 0.05) is 16.8 Å². The van der Waals surface area contributed by atoms with Gasteiger partial charge in [0.15, 0.2) is 0 Å². The highest BCUT2D eigenvalue weighted by Crippen LogP contribution is 2.30. The van der Waals surface area contributed by atoms with Gasteiger partial charge >= 0.3 is 0 Å². The predicted molar refractivity (Wildman–Crippen MR) is 105 cm³/mol. The van der Waals surface area contributed by atoms with Crippen LogP contribution in [0, 0.1) is 5.92 Å². The van der Waals surface area contributed by atoms with E-state index >= 15 is 0 Å². The third-order valence-electron chi connectivity index (χ3n) is 4.12. The van der Waals surface area contributed by atoms with Gasteiger partial charge in [-0.2, -0.15) is 0 Å². The fourth-order valence-corrected chi connectivity index (χ4v) is 4.32. The Morgan fingerprint density at radius 3 is 2.56 bits per heavy atom. The maximum Gasteiger partial charge on any atom is 0.240 e. The third kappa shape index (κ3) is 4.80. The number of sulfonamides is 1. The zero-order chi connectivity index (χ0) is 19.6. The minimum absolute atomic E-state index is 0.152. The Hall–Kier alpha value is -2.09. The first-order valence-corrected chi connectivity index (χ1v) is 10.5. The molecule has 1 amide bonds. The van der Waals surface area contributed by atoms with Crippen molar-refractivity contribution in [1.82, 2.24) is 4.72 Å². The molecule has 2 aromatic carbocycles. The van der Waals surface area contributed by atoms with Crippen molar-refractivity contribution in [2.24, 2.45) is 5.92 Å². The topological polar surface area (TPSA) is 84.5 Å². The standard InChI is InChI=1S/C19H21ClN2O4S/c1-12(2)22-27(24,25)17-6-4-16(5-7-17)21-19(23)14-9-13-10-15(20)3-8-18(13)26-11-14/h3-8,10,12,14,22H,9,11H2,1-2H3,(H,21,23)/t14-/m0/s1. The normalized spacial score (nSPS) is 16.5. The van der Waals surface area contributed by atoms with Crippen molar-refractivity contribution in [3.05, 3.63) is 53.1 Å². The summed E-state index contributed by atoms with van der Waals surface area (Å²) < 4.78 is 32.4. The first kappa shape index (κ1) is 19.7. The molecule has 0 saturated heterocycles. The van der Waals surface area contributed by atoms with Crippen LogP contribution >= 0.6 is 11.6 Å². The number of carbonyl (C=O) groups is 1. The summed E-state index contributed by atoms with van der Waals surface area (Å²) in [6.07, 6.45) is 0.534. The molecule has 1 aliphatic rings. The zero-order valence-corrected chi connectivity index (χ0v) is 16.6. The number of hydrogen-bond donors (Lipinski definition) is 2. The van der Waals surface area contributed by atoms with Crippen LogP contribution in [0.3, 0.4) is 0 Å². The molecule has 144 valence electrons. The predicted octanol–water partition coefficient (Wildman–Crippen LogP) is 3.22. The summed E-state index contributed by atoms with van der Waals surface area (Å²) in [5, 5.41) is 3.41. The number of amides is 1. The number of hydrogen-bond acceptors (Lipinski definition) is 4. The molecule has 0 aromatic heterocycles. The summed E-state index contributed by atoms with van der Waals surface area (Å²) in [5.74, 6) is 0.217. The minimum Gasteiger partial charge on any atom is -0.492 e. The molecule has 1 heterocycles. The van der Waals surface area contributed by atoms with E-state index in [1.165, 1.54) is 12.1 Å². The van der Waals surface area contributed by atoms with Gasteiger partial charge < -0.3 is 10.1 Å². The maximum absolute atomic E-state index is 12.5. The lowest BCUT2D eigenvalue weighted by Crippen LogP contribution is -2.32. The second kappa shape index (κ2) is 7.88. The molecule has 2 N–H and O–H groups in total. The molecule has 3 rings (SSSR count). The Balaban J connectivity index is 1.66. The fraction of sp³-hybridized carbons (Fsp3) is 0.316. The van der Waals surface area contributed by atoms with Crippen LogP contribution in [0.25, 0.3) is 0 Å². The molecule has 0 bridgehead atoms. The van der Waals surface area contributed by atoms with Crippen LogP contribution in [0.15, 0.2) is 47.4 Å². The lowest BCUT2D eigenvalue weighted by atomic mass is 9.96. The Morgan fingerprint density at radius 2 is 1.89 bits per heavy atom. The van der Waals surface area contributed by atoms with E-state index in [0.29, 0.717) is 17.1 Å². The van der Waals surface area contributed by atoms with Gasteiger partial charge in [-0.3, -0.25) is 4.79 Å². The maximum atomic E-state index is 12.5. The van der Waals surface area contributed by atoms with Crippen molar-refractivity contribution in [2.45, 2.75) is 31.2 Å². The van der Waals surface area contributed by atoms with Crippen molar-refractivity contribution in [3.63, 3.8) is 0 Å². The van der Waals surface area contributed by atoms with Crippen molar-refractivity contribution >= 4 is 33.2 Å². The fourth-order valence-electron chi connectivity index (χ4n) is 2.87. The summed E-state index contributed by atoms with van der Waals surface area (Å²) in [4.78, 5) is 12.7. The van der Waals surface area contributed by atoms with E-state index in [1.54, 1.807) is 44.2 Å². The third-order valence-corrected chi connectivity index (χ3v) is 6.03. The van der Waals surface area contributed by atoms with E-state index < -0.39 is 10.0 Å². The minimum atomic E-state index is -3.56. The second-order valence-corrected chi connectivity index (χ2v) is 8.90. The summed E-state index contributed by atoms with van der Waals surface area (Å²) in [5.41, 5.74) is 1.43. The summed E-state index contributed by atoms with van der Waals surface area (Å²) in [7, 11) is -3.56. The van der Waals surface area contributed by atoms with Crippen LogP contribution in [0.5, 0.6) is 5.75 Å². The molecule has 0 unspecified atom stereocenters. The highest BCUT2D eigenvalue weighted by Gasteiger charge is 2.26. The average Bonchev–Trinajstić information content (AvgIpc) is 2.60. The number of halogens is 1. The van der Waals surface area contributed by atoms with Crippen LogP contribution in [0.2, 0.25) is 5.02 Å². The molecule has 1 atom stereocenters. The first-order chi connectivity index (χ1) is 12.7. The van der Waals surface area contributed by atoms with E-state index in [-0.39, 0.29) is 29.4 Å². The first-order valence-electron chi connectivity index (χ1n) is 8.59. The van der Waals surface area contributed by atoms with E-state index in [0.717, 1.165) is 11.3 Å². The second-order valence-electron chi connectivity index (χ2n) is 6.75. The van der Waals surface area contributed by atoms with Crippen molar-refractivity contribution in [1.29, 1.82) is 0 Å². The van der Waals surface area contributed by atoms with Crippen LogP contribution in [0.1, 0.15) is 19.4 Å². The molecule has 27 heavy (non-hydrogen) atoms. The number of fused-ring (bicyclic) bond motifs is 1. The molecule has 0 spiro atoms. The zero-order valence-electron chi connectivity index (χ0n) is 15.0. The summed E-state index contributed by atoms with van der Waals surface area (Å²) in [6.45, 7) is 3.79. The molecular weight excluding hydrogens is 388 g/mol. The molecule has 2 aromatic rings. The van der Waals surface area contributed by atoms with Crippen LogP contribution in [0.4, 0.5) is 5.69 Å². The van der Waals surface area contributed by atoms with Gasteiger partial charge in [-0.05, 0) is 68.3 Å². The number of rotatable bonds is 5. The molecule has 1 aliphatic heterocycles. The van der Waals surface area contributed by atoms with Gasteiger partial charge in [-0.15, -0.1) is 0 Å². The van der Waals surface area contributed by atoms with Gasteiger partial charge in [0.05, 0.1) is 10.8 Å². The molecule has 0 aliphatic carbocycles. The number of benzene rings is 2. The number of nitrogens with one attached hydrogen (secondary N) is 2. The lowest BCUT2D eigenvalue weighted by Gasteiger charge is -2.24. The monoisotopic (exact) mass is 408 g/mol. The van der Waals surface area contributed by atoms with E-state index in [4.69, 9.17) is 16.3 Å². The Morgan fingerprint density at radius 1 is 1.19 bits per heavy atom. The van der Waals surface area contributed by atoms with Crippen molar-refractivity contribution in [3.8, 4) is 5.75 Å². The van der Waals surface area contributed by atoms with E-state index in [9.17, 15) is 13.2 Å². The van der Waals surface area contributed by atoms with Gasteiger partial charge in [0.2, 0.25) is 15.9 Å². The Bertz CT molecular complexity index is 943. The van der Waals surface area contributed by atoms with Gasteiger partial charge in [-0.1, -0.05) is 11.6 Å². The molecular formula is C19H21ClN2O4S. The Kier molecular flexibility index (Phi) is 5.74. The number of carbonyl (C=O) groups excluding carboxylic acids is 1. The SMILES string of the molecule is CC(C)NS(=O)(=O)c1ccc(NC(=O)[C@@H]2COc3ccc(Cl)cc3C2)cc1. The quantitative estimate of drug-likeness (QED) is 0.795. The van der Waals surface area contributed by atoms with Crippen LogP contribution < -0.4 is 14.8 Å². The van der Waals surface area contributed by atoms with E-state index in [2.05, 4.69) is 10.0 Å². The molecule has 6 nitrogen and oxygen atoms in total. The van der Waals surface area contributed by atoms with Crippen LogP contribution in [-0.2, 0) is 21.2 Å². The largest absolute Gasteiger partial charge is 0.492 e. The number of anilines is 1. The van der Waals surface area contributed by atoms with E-state index in [1.807, 2.05) is 0 Å². The average molecular weight is 409 g/mol. The van der Waals surface area contributed by atoms with Crippen molar-refractivity contribution in [2.75, 3.05) is 11.9 Å². The van der Waals surface area contributed by atoms with Crippen LogP contribution in [-0.4, -0.2) is 27.0 Å². The Labute approximate surface area is 163 Å². The lowest BCUT2D eigenvalue weighted by molar-refractivity contribution is -0.121. The van der Waals surface area contributed by atoms with Gasteiger partial charge in [-0.25, -0.2) is 13.1 Å².